The molecule has 2 aromatic rings. The normalized spacial score (nSPS) is 22.6. The second-order valence-electron chi connectivity index (χ2n) is 13.9. The number of aliphatic hydroxyl groups excluding tert-OH is 1. The quantitative estimate of drug-likeness (QED) is 0.115. The van der Waals surface area contributed by atoms with Crippen molar-refractivity contribution in [2.45, 2.75) is 140 Å². The van der Waals surface area contributed by atoms with Crippen molar-refractivity contribution in [2.24, 2.45) is 5.92 Å². The highest BCUT2D eigenvalue weighted by Crippen LogP contribution is 2.43. The van der Waals surface area contributed by atoms with Crippen LogP contribution < -0.4 is 0 Å². The first-order chi connectivity index (χ1) is 21.8. The van der Waals surface area contributed by atoms with Crippen LogP contribution in [0.2, 0.25) is 0 Å². The lowest BCUT2D eigenvalue weighted by Crippen LogP contribution is -2.15. The molecule has 1 N–H and O–H groups in total. The molecule has 0 heterocycles. The zero-order valence-corrected chi connectivity index (χ0v) is 27.8. The first-order valence-corrected chi connectivity index (χ1v) is 17.8. The molecule has 3 nitrogen and oxygen atoms in total. The number of carbonyl (C=O) groups is 1. The summed E-state index contributed by atoms with van der Waals surface area (Å²) in [6.45, 7) is 7.81. The number of esters is 1. The van der Waals surface area contributed by atoms with E-state index in [1.165, 1.54) is 56.9 Å². The number of hydrogen-bond donors (Lipinski definition) is 1. The second kappa shape index (κ2) is 18.0. The summed E-state index contributed by atoms with van der Waals surface area (Å²) in [5.74, 6) is 1.15. The lowest BCUT2D eigenvalue weighted by Gasteiger charge is -2.31. The standard InChI is InChI=1S/C40H56F2O3/c1-4-5-6-9-29-12-14-30(15-13-29)34-21-23-37(39(42)26-34)33-18-16-31(17-19-33)35-20-22-36(38(41)27-35)32(10-7-24-43)11-8-25-45-40(44)28(2)3/h20-23,26-27,29-33,43H,2,4-19,24-25H2,1,3H3. The van der Waals surface area contributed by atoms with E-state index in [1.54, 1.807) is 13.0 Å². The number of benzene rings is 2. The minimum atomic E-state index is -0.405. The van der Waals surface area contributed by atoms with Crippen molar-refractivity contribution in [3.63, 3.8) is 0 Å². The average Bonchev–Trinajstić information content (AvgIpc) is 3.05. The van der Waals surface area contributed by atoms with Gasteiger partial charge in [-0.2, -0.15) is 0 Å². The van der Waals surface area contributed by atoms with Crippen LogP contribution in [0, 0.1) is 17.6 Å². The third-order valence-electron chi connectivity index (χ3n) is 10.7. The minimum Gasteiger partial charge on any atom is -0.462 e. The Kier molecular flexibility index (Phi) is 14.1. The van der Waals surface area contributed by atoms with Gasteiger partial charge in [-0.05, 0) is 148 Å². The van der Waals surface area contributed by atoms with Gasteiger partial charge in [0.1, 0.15) is 11.6 Å². The summed E-state index contributed by atoms with van der Waals surface area (Å²) in [7, 11) is 0. The van der Waals surface area contributed by atoms with Gasteiger partial charge in [-0.25, -0.2) is 13.6 Å². The highest BCUT2D eigenvalue weighted by Gasteiger charge is 2.28. The molecule has 0 radical (unpaired) electrons. The first kappa shape index (κ1) is 35.3. The van der Waals surface area contributed by atoms with E-state index in [9.17, 15) is 9.90 Å². The molecule has 2 aliphatic carbocycles. The van der Waals surface area contributed by atoms with Crippen molar-refractivity contribution < 1.29 is 23.4 Å². The maximum atomic E-state index is 15.5. The fraction of sp³-hybridized carbons (Fsp3) is 0.625. The Morgan fingerprint density at radius 2 is 1.44 bits per heavy atom. The molecule has 0 amide bonds. The highest BCUT2D eigenvalue weighted by atomic mass is 19.1. The van der Waals surface area contributed by atoms with Gasteiger partial charge in [0.2, 0.25) is 0 Å². The predicted molar refractivity (Wildman–Crippen MR) is 180 cm³/mol. The van der Waals surface area contributed by atoms with Gasteiger partial charge in [-0.3, -0.25) is 0 Å². The first-order valence-electron chi connectivity index (χ1n) is 17.8. The molecule has 5 heteroatoms. The summed E-state index contributed by atoms with van der Waals surface area (Å²) in [4.78, 5) is 11.7. The summed E-state index contributed by atoms with van der Waals surface area (Å²) in [5.41, 5.74) is 4.09. The third kappa shape index (κ3) is 10.2. The number of carbonyl (C=O) groups excluding carboxylic acids is 1. The molecule has 1 unspecified atom stereocenters. The van der Waals surface area contributed by atoms with E-state index in [1.807, 2.05) is 12.1 Å². The summed E-state index contributed by atoms with van der Waals surface area (Å²) < 4.78 is 36.2. The third-order valence-corrected chi connectivity index (χ3v) is 10.7. The average molecular weight is 623 g/mol. The minimum absolute atomic E-state index is 0.0419. The molecular formula is C40H56F2O3. The highest BCUT2D eigenvalue weighted by molar-refractivity contribution is 5.86. The molecule has 248 valence electrons. The van der Waals surface area contributed by atoms with Crippen molar-refractivity contribution in [1.29, 1.82) is 0 Å². The van der Waals surface area contributed by atoms with E-state index < -0.39 is 5.97 Å². The van der Waals surface area contributed by atoms with Gasteiger partial charge < -0.3 is 9.84 Å². The number of unbranched alkanes of at least 4 members (excludes halogenated alkanes) is 2. The van der Waals surface area contributed by atoms with Crippen LogP contribution in [-0.4, -0.2) is 24.3 Å². The molecular weight excluding hydrogens is 566 g/mol. The van der Waals surface area contributed by atoms with Crippen LogP contribution in [0.4, 0.5) is 8.78 Å². The summed E-state index contributed by atoms with van der Waals surface area (Å²) in [6.07, 6.45) is 16.5. The fourth-order valence-corrected chi connectivity index (χ4v) is 7.87. The SMILES string of the molecule is C=C(C)C(=O)OCCCC(CCCO)c1ccc(C2CCC(c3ccc(C4CCC(CCCCC)CC4)cc3F)CC2)cc1F. The Bertz CT molecular complexity index is 1220. The Labute approximate surface area is 270 Å². The van der Waals surface area contributed by atoms with E-state index in [2.05, 4.69) is 31.7 Å². The van der Waals surface area contributed by atoms with Crippen LogP contribution in [0.15, 0.2) is 48.6 Å². The molecule has 4 rings (SSSR count). The lowest BCUT2D eigenvalue weighted by atomic mass is 9.74. The molecule has 2 aromatic carbocycles. The Morgan fingerprint density at radius 1 is 0.844 bits per heavy atom. The van der Waals surface area contributed by atoms with Crippen molar-refractivity contribution in [3.05, 3.63) is 82.4 Å². The van der Waals surface area contributed by atoms with E-state index >= 15 is 8.78 Å². The molecule has 0 aromatic heterocycles. The predicted octanol–water partition coefficient (Wildman–Crippen LogP) is 11.0. The molecule has 2 aliphatic rings. The number of aliphatic hydroxyl groups is 1. The molecule has 0 spiro atoms. The number of ether oxygens (including phenoxy) is 1. The van der Waals surface area contributed by atoms with Gasteiger partial charge >= 0.3 is 5.97 Å². The second-order valence-corrected chi connectivity index (χ2v) is 13.9. The fourth-order valence-electron chi connectivity index (χ4n) is 7.87. The lowest BCUT2D eigenvalue weighted by molar-refractivity contribution is -0.139. The number of hydrogen-bond acceptors (Lipinski definition) is 3. The van der Waals surface area contributed by atoms with Crippen molar-refractivity contribution in [3.8, 4) is 0 Å². The molecule has 0 saturated heterocycles. The monoisotopic (exact) mass is 622 g/mol. The largest absolute Gasteiger partial charge is 0.462 e. The van der Waals surface area contributed by atoms with Crippen molar-refractivity contribution >= 4 is 5.97 Å². The molecule has 2 saturated carbocycles. The van der Waals surface area contributed by atoms with Gasteiger partial charge in [0.05, 0.1) is 6.61 Å². The van der Waals surface area contributed by atoms with Gasteiger partial charge in [-0.15, -0.1) is 0 Å². The van der Waals surface area contributed by atoms with Gasteiger partial charge in [0, 0.05) is 12.2 Å². The smallest absolute Gasteiger partial charge is 0.333 e. The summed E-state index contributed by atoms with van der Waals surface area (Å²) in [5, 5.41) is 9.39. The van der Waals surface area contributed by atoms with E-state index in [0.29, 0.717) is 42.7 Å². The summed E-state index contributed by atoms with van der Waals surface area (Å²) in [6, 6.07) is 11.7. The molecule has 0 bridgehead atoms. The van der Waals surface area contributed by atoms with E-state index in [-0.39, 0.29) is 42.6 Å². The molecule has 1 atom stereocenters. The Hall–Kier alpha value is -2.53. The zero-order valence-electron chi connectivity index (χ0n) is 27.8. The van der Waals surface area contributed by atoms with Crippen LogP contribution in [0.1, 0.15) is 163 Å². The topological polar surface area (TPSA) is 46.5 Å². The molecule has 45 heavy (non-hydrogen) atoms. The van der Waals surface area contributed by atoms with Gasteiger partial charge in [0.15, 0.2) is 0 Å². The molecule has 2 fully saturated rings. The van der Waals surface area contributed by atoms with Crippen molar-refractivity contribution in [1.82, 2.24) is 0 Å². The van der Waals surface area contributed by atoms with Gasteiger partial charge in [-0.1, -0.05) is 63.5 Å². The van der Waals surface area contributed by atoms with E-state index in [4.69, 9.17) is 4.74 Å². The zero-order chi connectivity index (χ0) is 32.2. The van der Waals surface area contributed by atoms with Crippen molar-refractivity contribution in [2.75, 3.05) is 13.2 Å². The van der Waals surface area contributed by atoms with Crippen LogP contribution in [0.5, 0.6) is 0 Å². The van der Waals surface area contributed by atoms with Crippen LogP contribution in [-0.2, 0) is 9.53 Å². The Morgan fingerprint density at radius 3 is 2.04 bits per heavy atom. The molecule has 0 aliphatic heterocycles. The van der Waals surface area contributed by atoms with Crippen LogP contribution in [0.25, 0.3) is 0 Å². The van der Waals surface area contributed by atoms with E-state index in [0.717, 1.165) is 42.7 Å². The van der Waals surface area contributed by atoms with Crippen LogP contribution in [0.3, 0.4) is 0 Å². The maximum absolute atomic E-state index is 15.5. The number of halogens is 2. The Balaban J connectivity index is 1.29. The summed E-state index contributed by atoms with van der Waals surface area (Å²) >= 11 is 0. The maximum Gasteiger partial charge on any atom is 0.333 e. The van der Waals surface area contributed by atoms with Crippen LogP contribution >= 0.6 is 0 Å². The number of rotatable bonds is 16. The van der Waals surface area contributed by atoms with Gasteiger partial charge in [0.25, 0.3) is 0 Å².